The van der Waals surface area contributed by atoms with Gasteiger partial charge in [-0.25, -0.2) is 0 Å². The van der Waals surface area contributed by atoms with Gasteiger partial charge in [0.1, 0.15) is 0 Å². The van der Waals surface area contributed by atoms with E-state index in [2.05, 4.69) is 37.1 Å². The first-order chi connectivity index (χ1) is 10.1. The molecule has 0 aromatic carbocycles. The second-order valence-corrected chi connectivity index (χ2v) is 7.68. The molecule has 0 radical (unpaired) electrons. The van der Waals surface area contributed by atoms with Crippen LogP contribution in [0.3, 0.4) is 0 Å². The van der Waals surface area contributed by atoms with E-state index in [4.69, 9.17) is 0 Å². The Morgan fingerprint density at radius 3 is 2.19 bits per heavy atom. The molecule has 0 unspecified atom stereocenters. The summed E-state index contributed by atoms with van der Waals surface area (Å²) in [4.78, 5) is 5.32. The molecule has 2 aliphatic rings. The van der Waals surface area contributed by atoms with Crippen LogP contribution in [0.2, 0.25) is 0 Å². The number of hydrogen-bond donors (Lipinski definition) is 0. The zero-order valence-electron chi connectivity index (χ0n) is 14.6. The first-order valence-electron chi connectivity index (χ1n) is 9.18. The Balaban J connectivity index is 1.56. The minimum absolute atomic E-state index is 0.737. The SMILES string of the molecule is C=C(C)C1CCN(CCCC2CCN(C(C)C)CC2)CC1. The van der Waals surface area contributed by atoms with Crippen LogP contribution >= 0.6 is 0 Å². The fourth-order valence-electron chi connectivity index (χ4n) is 4.01. The smallest absolute Gasteiger partial charge is 0.00385 e. The summed E-state index contributed by atoms with van der Waals surface area (Å²) in [5.74, 6) is 1.79. The van der Waals surface area contributed by atoms with Gasteiger partial charge in [0, 0.05) is 6.04 Å². The first kappa shape index (κ1) is 17.0. The van der Waals surface area contributed by atoms with Crippen molar-refractivity contribution in [3.05, 3.63) is 12.2 Å². The molecule has 0 aromatic rings. The molecule has 2 heteroatoms. The number of piperidine rings is 2. The minimum Gasteiger partial charge on any atom is -0.303 e. The molecule has 0 atom stereocenters. The molecular formula is C19H36N2. The van der Waals surface area contributed by atoms with Crippen LogP contribution in [0, 0.1) is 11.8 Å². The summed E-state index contributed by atoms with van der Waals surface area (Å²) >= 11 is 0. The van der Waals surface area contributed by atoms with Gasteiger partial charge in [0.05, 0.1) is 0 Å². The highest BCUT2D eigenvalue weighted by Crippen LogP contribution is 2.25. The quantitative estimate of drug-likeness (QED) is 0.678. The summed E-state index contributed by atoms with van der Waals surface area (Å²) in [6, 6.07) is 0.737. The lowest BCUT2D eigenvalue weighted by Crippen LogP contribution is -2.38. The van der Waals surface area contributed by atoms with E-state index in [9.17, 15) is 0 Å². The van der Waals surface area contributed by atoms with Crippen molar-refractivity contribution < 1.29 is 0 Å². The molecule has 0 amide bonds. The molecule has 0 spiro atoms. The first-order valence-corrected chi connectivity index (χ1v) is 9.18. The van der Waals surface area contributed by atoms with Crippen molar-refractivity contribution in [3.63, 3.8) is 0 Å². The molecule has 0 N–H and O–H groups in total. The summed E-state index contributed by atoms with van der Waals surface area (Å²) in [5, 5.41) is 0. The second-order valence-electron chi connectivity index (χ2n) is 7.68. The largest absolute Gasteiger partial charge is 0.303 e. The third-order valence-electron chi connectivity index (χ3n) is 5.75. The second kappa shape index (κ2) is 8.33. The van der Waals surface area contributed by atoms with Crippen LogP contribution in [-0.2, 0) is 0 Å². The molecule has 2 nitrogen and oxygen atoms in total. The molecule has 2 fully saturated rings. The average Bonchev–Trinajstić information content (AvgIpc) is 2.48. The van der Waals surface area contributed by atoms with Gasteiger partial charge in [-0.2, -0.15) is 0 Å². The van der Waals surface area contributed by atoms with Crippen LogP contribution in [0.25, 0.3) is 0 Å². The number of rotatable bonds is 6. The number of nitrogens with zero attached hydrogens (tertiary/aromatic N) is 2. The van der Waals surface area contributed by atoms with Crippen molar-refractivity contribution in [3.8, 4) is 0 Å². The van der Waals surface area contributed by atoms with E-state index in [1.807, 2.05) is 0 Å². The van der Waals surface area contributed by atoms with Gasteiger partial charge in [-0.3, -0.25) is 0 Å². The van der Waals surface area contributed by atoms with Crippen molar-refractivity contribution >= 4 is 0 Å². The molecule has 2 saturated heterocycles. The molecule has 0 bridgehead atoms. The summed E-state index contributed by atoms with van der Waals surface area (Å²) in [5.41, 5.74) is 1.39. The summed E-state index contributed by atoms with van der Waals surface area (Å²) in [6.45, 7) is 17.5. The summed E-state index contributed by atoms with van der Waals surface area (Å²) in [6.07, 6.45) is 8.38. The van der Waals surface area contributed by atoms with Gasteiger partial charge in [0.2, 0.25) is 0 Å². The molecule has 122 valence electrons. The van der Waals surface area contributed by atoms with Crippen LogP contribution in [0.15, 0.2) is 12.2 Å². The highest BCUT2D eigenvalue weighted by atomic mass is 15.1. The lowest BCUT2D eigenvalue weighted by molar-refractivity contribution is 0.138. The van der Waals surface area contributed by atoms with E-state index in [0.29, 0.717) is 0 Å². The van der Waals surface area contributed by atoms with Crippen LogP contribution in [-0.4, -0.2) is 48.6 Å². The molecule has 0 aromatic heterocycles. The van der Waals surface area contributed by atoms with Gasteiger partial charge in [0.15, 0.2) is 0 Å². The lowest BCUT2D eigenvalue weighted by Gasteiger charge is -2.35. The van der Waals surface area contributed by atoms with Crippen molar-refractivity contribution in [2.24, 2.45) is 11.8 Å². The van der Waals surface area contributed by atoms with E-state index in [-0.39, 0.29) is 0 Å². The van der Waals surface area contributed by atoms with E-state index < -0.39 is 0 Å². The average molecular weight is 293 g/mol. The van der Waals surface area contributed by atoms with Gasteiger partial charge in [-0.15, -0.1) is 0 Å². The van der Waals surface area contributed by atoms with E-state index in [1.54, 1.807) is 0 Å². The highest BCUT2D eigenvalue weighted by Gasteiger charge is 2.22. The highest BCUT2D eigenvalue weighted by molar-refractivity contribution is 4.98. The summed E-state index contributed by atoms with van der Waals surface area (Å²) in [7, 11) is 0. The van der Waals surface area contributed by atoms with E-state index in [1.165, 1.54) is 76.8 Å². The summed E-state index contributed by atoms with van der Waals surface area (Å²) < 4.78 is 0. The molecule has 0 aliphatic carbocycles. The standard InChI is InChI=1S/C19H36N2/c1-16(2)19-9-12-20(13-10-19)11-5-6-18-7-14-21(15-8-18)17(3)4/h17-19H,1,5-15H2,2-4H3. The van der Waals surface area contributed by atoms with Crippen molar-refractivity contribution in [1.82, 2.24) is 9.80 Å². The Bertz CT molecular complexity index is 308. The fourth-order valence-corrected chi connectivity index (χ4v) is 4.01. The molecule has 0 saturated carbocycles. The van der Waals surface area contributed by atoms with Crippen LogP contribution in [0.5, 0.6) is 0 Å². The van der Waals surface area contributed by atoms with Crippen LogP contribution in [0.1, 0.15) is 59.3 Å². The normalized spacial score (nSPS) is 23.8. The van der Waals surface area contributed by atoms with Gasteiger partial charge < -0.3 is 9.80 Å². The van der Waals surface area contributed by atoms with E-state index >= 15 is 0 Å². The third kappa shape index (κ3) is 5.41. The van der Waals surface area contributed by atoms with Gasteiger partial charge in [0.25, 0.3) is 0 Å². The molecule has 2 heterocycles. The predicted molar refractivity (Wildman–Crippen MR) is 92.6 cm³/mol. The maximum absolute atomic E-state index is 4.12. The van der Waals surface area contributed by atoms with Gasteiger partial charge in [-0.1, -0.05) is 12.2 Å². The Morgan fingerprint density at radius 2 is 1.67 bits per heavy atom. The minimum atomic E-state index is 0.737. The monoisotopic (exact) mass is 292 g/mol. The lowest BCUT2D eigenvalue weighted by atomic mass is 9.90. The Morgan fingerprint density at radius 1 is 1.05 bits per heavy atom. The maximum Gasteiger partial charge on any atom is 0.00385 e. The number of hydrogen-bond acceptors (Lipinski definition) is 2. The Hall–Kier alpha value is -0.340. The van der Waals surface area contributed by atoms with Crippen LogP contribution in [0.4, 0.5) is 0 Å². The maximum atomic E-state index is 4.12. The predicted octanol–water partition coefficient (Wildman–Crippen LogP) is 4.18. The fraction of sp³-hybridized carbons (Fsp3) is 0.895. The Kier molecular flexibility index (Phi) is 6.75. The molecule has 2 rings (SSSR count). The molecule has 2 aliphatic heterocycles. The van der Waals surface area contributed by atoms with Crippen molar-refractivity contribution in [2.45, 2.75) is 65.3 Å². The third-order valence-corrected chi connectivity index (χ3v) is 5.75. The number of likely N-dealkylation sites (tertiary alicyclic amines) is 2. The topological polar surface area (TPSA) is 6.48 Å². The van der Waals surface area contributed by atoms with Crippen molar-refractivity contribution in [1.29, 1.82) is 0 Å². The van der Waals surface area contributed by atoms with Gasteiger partial charge >= 0.3 is 0 Å². The zero-order valence-corrected chi connectivity index (χ0v) is 14.6. The molecule has 21 heavy (non-hydrogen) atoms. The van der Waals surface area contributed by atoms with E-state index in [0.717, 1.165) is 17.9 Å². The van der Waals surface area contributed by atoms with Crippen molar-refractivity contribution in [2.75, 3.05) is 32.7 Å². The Labute approximate surface area is 132 Å². The van der Waals surface area contributed by atoms with Gasteiger partial charge in [-0.05, 0) is 104 Å². The number of allylic oxidation sites excluding steroid dienone is 1. The van der Waals surface area contributed by atoms with Crippen LogP contribution < -0.4 is 0 Å². The molecular weight excluding hydrogens is 256 g/mol. The zero-order chi connectivity index (χ0) is 15.2.